The van der Waals surface area contributed by atoms with Crippen LogP contribution >= 0.6 is 0 Å². The molecule has 0 aliphatic carbocycles. The van der Waals surface area contributed by atoms with Gasteiger partial charge < -0.3 is 0 Å². The number of rotatable bonds is 2. The predicted molar refractivity (Wildman–Crippen MR) is 23.4 cm³/mol. The molecule has 0 radical (unpaired) electrons. The summed E-state index contributed by atoms with van der Waals surface area (Å²) in [6.07, 6.45) is -5.27. The molecule has 0 aromatic carbocycles. The molecule has 0 spiro atoms. The van der Waals surface area contributed by atoms with Gasteiger partial charge in [0.25, 0.3) is 0 Å². The molecule has 0 aliphatic rings. The summed E-state index contributed by atoms with van der Waals surface area (Å²) in [5, 5.41) is 0. The van der Waals surface area contributed by atoms with Gasteiger partial charge in [0.1, 0.15) is 0 Å². The van der Waals surface area contributed by atoms with Crippen molar-refractivity contribution in [3.05, 3.63) is 0 Å². The van der Waals surface area contributed by atoms with Crippen LogP contribution in [-0.2, 0) is 9.78 Å². The van der Waals surface area contributed by atoms with E-state index in [1.807, 2.05) is 0 Å². The molecule has 5 heteroatoms. The molecule has 2 nitrogen and oxygen atoms in total. The van der Waals surface area contributed by atoms with Crippen molar-refractivity contribution in [3.8, 4) is 0 Å². The molecule has 0 bridgehead atoms. The van der Waals surface area contributed by atoms with Gasteiger partial charge in [-0.3, -0.25) is 0 Å². The zero-order chi connectivity index (χ0) is 7.49. The van der Waals surface area contributed by atoms with Crippen molar-refractivity contribution in [2.75, 3.05) is 0 Å². The second kappa shape index (κ2) is 3.03. The van der Waals surface area contributed by atoms with Crippen LogP contribution in [0.4, 0.5) is 13.2 Å². The summed E-state index contributed by atoms with van der Waals surface area (Å²) in [6, 6.07) is 0. The zero-order valence-corrected chi connectivity index (χ0v) is 5.03. The Morgan fingerprint density at radius 2 is 1.67 bits per heavy atom. The fourth-order valence-electron chi connectivity index (χ4n) is 0.151. The molecule has 0 N–H and O–H groups in total. The van der Waals surface area contributed by atoms with E-state index < -0.39 is 12.5 Å². The summed E-state index contributed by atoms with van der Waals surface area (Å²) in [4.78, 5) is 6.77. The molecular formula is C4H7F3O2. The fraction of sp³-hybridized carbons (Fsp3) is 1.00. The quantitative estimate of drug-likeness (QED) is 0.435. The van der Waals surface area contributed by atoms with Crippen LogP contribution < -0.4 is 0 Å². The van der Waals surface area contributed by atoms with Crippen LogP contribution in [0.2, 0.25) is 0 Å². The van der Waals surface area contributed by atoms with E-state index in [0.29, 0.717) is 0 Å². The molecule has 0 saturated carbocycles. The minimum absolute atomic E-state index is 0.577. The van der Waals surface area contributed by atoms with Gasteiger partial charge in [-0.15, -0.1) is 18.1 Å². The van der Waals surface area contributed by atoms with Crippen molar-refractivity contribution in [3.63, 3.8) is 0 Å². The monoisotopic (exact) mass is 144 g/mol. The molecule has 56 valence electrons. The number of hydrogen-bond acceptors (Lipinski definition) is 2. The fourth-order valence-corrected chi connectivity index (χ4v) is 0.151. The molecule has 0 aromatic heterocycles. The van der Waals surface area contributed by atoms with Crippen molar-refractivity contribution < 1.29 is 22.9 Å². The SMILES string of the molecule is CC(C)OOC(F)(F)F. The topological polar surface area (TPSA) is 18.5 Å². The molecule has 0 aliphatic heterocycles. The van der Waals surface area contributed by atoms with Crippen LogP contribution in [-0.4, -0.2) is 12.5 Å². The Bertz CT molecular complexity index is 78.4. The Balaban J connectivity index is 3.28. The standard InChI is InChI=1S/C4H7F3O2/c1-3(2)8-9-4(5,6)7/h3H,1-2H3. The highest BCUT2D eigenvalue weighted by Crippen LogP contribution is 2.16. The maximum Gasteiger partial charge on any atom is 0.549 e. The summed E-state index contributed by atoms with van der Waals surface area (Å²) in [5.41, 5.74) is 0. The third-order valence-corrected chi connectivity index (χ3v) is 0.335. The van der Waals surface area contributed by atoms with Crippen LogP contribution in [0.25, 0.3) is 0 Å². The molecule has 9 heavy (non-hydrogen) atoms. The molecular weight excluding hydrogens is 137 g/mol. The third kappa shape index (κ3) is 7.71. The molecule has 0 saturated heterocycles. The lowest BCUT2D eigenvalue weighted by Crippen LogP contribution is -2.16. The van der Waals surface area contributed by atoms with Gasteiger partial charge in [0.15, 0.2) is 0 Å². The Labute approximate surface area is 50.5 Å². The van der Waals surface area contributed by atoms with Crippen LogP contribution in [0.3, 0.4) is 0 Å². The normalized spacial score (nSPS) is 12.7. The van der Waals surface area contributed by atoms with Crippen molar-refractivity contribution >= 4 is 0 Å². The largest absolute Gasteiger partial charge is 0.549 e. The number of halogens is 3. The first kappa shape index (κ1) is 8.71. The van der Waals surface area contributed by atoms with Gasteiger partial charge in [0.2, 0.25) is 0 Å². The summed E-state index contributed by atoms with van der Waals surface area (Å²) in [6.45, 7) is 2.87. The van der Waals surface area contributed by atoms with E-state index in [1.54, 1.807) is 0 Å². The van der Waals surface area contributed by atoms with E-state index in [2.05, 4.69) is 9.78 Å². The lowest BCUT2D eigenvalue weighted by molar-refractivity contribution is -0.494. The van der Waals surface area contributed by atoms with E-state index in [4.69, 9.17) is 0 Å². The van der Waals surface area contributed by atoms with Crippen LogP contribution in [0.1, 0.15) is 13.8 Å². The Hall–Kier alpha value is -0.290. The summed E-state index contributed by atoms with van der Waals surface area (Å²) in [5.74, 6) is 0. The highest BCUT2D eigenvalue weighted by atomic mass is 19.4. The van der Waals surface area contributed by atoms with E-state index in [9.17, 15) is 13.2 Å². The average molecular weight is 144 g/mol. The summed E-state index contributed by atoms with van der Waals surface area (Å²) < 4.78 is 33.2. The first-order valence-corrected chi connectivity index (χ1v) is 2.33. The first-order valence-electron chi connectivity index (χ1n) is 2.33. The first-order chi connectivity index (χ1) is 3.92. The highest BCUT2D eigenvalue weighted by Gasteiger charge is 2.31. The van der Waals surface area contributed by atoms with Gasteiger partial charge in [-0.1, -0.05) is 0 Å². The van der Waals surface area contributed by atoms with E-state index >= 15 is 0 Å². The van der Waals surface area contributed by atoms with Crippen LogP contribution in [0, 0.1) is 0 Å². The Morgan fingerprint density at radius 1 is 1.22 bits per heavy atom. The molecule has 0 atom stereocenters. The number of alkyl halides is 3. The lowest BCUT2D eigenvalue weighted by Gasteiger charge is -2.07. The van der Waals surface area contributed by atoms with Gasteiger partial charge in [-0.05, 0) is 13.8 Å². The van der Waals surface area contributed by atoms with Crippen molar-refractivity contribution in [2.45, 2.75) is 26.3 Å². The van der Waals surface area contributed by atoms with Crippen LogP contribution in [0.5, 0.6) is 0 Å². The van der Waals surface area contributed by atoms with E-state index in [-0.39, 0.29) is 0 Å². The maximum absolute atomic E-state index is 11.1. The third-order valence-electron chi connectivity index (χ3n) is 0.335. The smallest absolute Gasteiger partial charge is 0.226 e. The lowest BCUT2D eigenvalue weighted by atomic mass is 10.5. The second-order valence-corrected chi connectivity index (χ2v) is 1.67. The molecule has 0 rings (SSSR count). The Kier molecular flexibility index (Phi) is 2.93. The van der Waals surface area contributed by atoms with E-state index in [1.165, 1.54) is 13.8 Å². The van der Waals surface area contributed by atoms with Gasteiger partial charge >= 0.3 is 6.36 Å². The van der Waals surface area contributed by atoms with Gasteiger partial charge in [-0.25, -0.2) is 4.89 Å². The predicted octanol–water partition coefficient (Wildman–Crippen LogP) is 1.86. The van der Waals surface area contributed by atoms with Gasteiger partial charge in [0, 0.05) is 0 Å². The molecule has 0 unspecified atom stereocenters. The minimum Gasteiger partial charge on any atom is -0.226 e. The second-order valence-electron chi connectivity index (χ2n) is 1.67. The number of hydrogen-bond donors (Lipinski definition) is 0. The maximum atomic E-state index is 11.1. The summed E-state index contributed by atoms with van der Waals surface area (Å²) >= 11 is 0. The average Bonchev–Trinajstić information content (AvgIpc) is 1.59. The molecule has 0 amide bonds. The minimum atomic E-state index is -4.69. The molecule has 0 heterocycles. The molecule has 0 fully saturated rings. The van der Waals surface area contributed by atoms with Crippen molar-refractivity contribution in [1.29, 1.82) is 0 Å². The van der Waals surface area contributed by atoms with Crippen LogP contribution in [0.15, 0.2) is 0 Å². The van der Waals surface area contributed by atoms with Gasteiger partial charge in [0.05, 0.1) is 6.10 Å². The van der Waals surface area contributed by atoms with E-state index in [0.717, 1.165) is 0 Å². The van der Waals surface area contributed by atoms with Gasteiger partial charge in [-0.2, -0.15) is 0 Å². The molecule has 0 aromatic rings. The van der Waals surface area contributed by atoms with Crippen molar-refractivity contribution in [2.24, 2.45) is 0 Å². The van der Waals surface area contributed by atoms with Crippen molar-refractivity contribution in [1.82, 2.24) is 0 Å². The zero-order valence-electron chi connectivity index (χ0n) is 5.03. The highest BCUT2D eigenvalue weighted by molar-refractivity contribution is 4.27. The summed E-state index contributed by atoms with van der Waals surface area (Å²) in [7, 11) is 0. The Morgan fingerprint density at radius 3 is 1.78 bits per heavy atom.